The van der Waals surface area contributed by atoms with Crippen molar-refractivity contribution in [3.63, 3.8) is 0 Å². The van der Waals surface area contributed by atoms with Crippen LogP contribution in [0.15, 0.2) is 47.5 Å². The monoisotopic (exact) mass is 259 g/mol. The fourth-order valence-corrected chi connectivity index (χ4v) is 1.71. The predicted molar refractivity (Wildman–Crippen MR) is 73.2 cm³/mol. The number of nitrogens with zero attached hydrogens (tertiary/aromatic N) is 2. The molecule has 2 aromatic heterocycles. The Morgan fingerprint density at radius 1 is 1.32 bits per heavy atom. The zero-order valence-electron chi connectivity index (χ0n) is 10.9. The van der Waals surface area contributed by atoms with Gasteiger partial charge in [0, 0.05) is 44.2 Å². The number of hydrogen-bond acceptors (Lipinski definition) is 4. The van der Waals surface area contributed by atoms with Gasteiger partial charge in [-0.1, -0.05) is 12.1 Å². The Bertz CT molecular complexity index is 563. The molecule has 0 aliphatic carbocycles. The van der Waals surface area contributed by atoms with Gasteiger partial charge < -0.3 is 14.6 Å². The van der Waals surface area contributed by atoms with E-state index in [2.05, 4.69) is 10.3 Å². The Morgan fingerprint density at radius 2 is 2.21 bits per heavy atom. The SMILES string of the molecule is COc1ccc(CNCCn2ccccc2=O)cn1. The second-order valence-corrected chi connectivity index (χ2v) is 4.12. The largest absolute Gasteiger partial charge is 0.481 e. The molecule has 2 heterocycles. The zero-order valence-corrected chi connectivity index (χ0v) is 10.9. The maximum Gasteiger partial charge on any atom is 0.250 e. The lowest BCUT2D eigenvalue weighted by molar-refractivity contribution is 0.397. The minimum absolute atomic E-state index is 0.0235. The fraction of sp³-hybridized carbons (Fsp3) is 0.286. The van der Waals surface area contributed by atoms with Crippen LogP contribution in [0.4, 0.5) is 0 Å². The van der Waals surface area contributed by atoms with Gasteiger partial charge in [0.1, 0.15) is 0 Å². The highest BCUT2D eigenvalue weighted by Crippen LogP contribution is 2.05. The molecule has 0 unspecified atom stereocenters. The Balaban J connectivity index is 1.77. The second kappa shape index (κ2) is 6.70. The van der Waals surface area contributed by atoms with Crippen LogP contribution in [0.25, 0.3) is 0 Å². The summed E-state index contributed by atoms with van der Waals surface area (Å²) in [5.74, 6) is 0.611. The van der Waals surface area contributed by atoms with Crippen LogP contribution >= 0.6 is 0 Å². The molecule has 1 N–H and O–H groups in total. The van der Waals surface area contributed by atoms with E-state index in [0.29, 0.717) is 12.4 Å². The van der Waals surface area contributed by atoms with Gasteiger partial charge in [-0.15, -0.1) is 0 Å². The quantitative estimate of drug-likeness (QED) is 0.788. The highest BCUT2D eigenvalue weighted by atomic mass is 16.5. The van der Waals surface area contributed by atoms with Crippen LogP contribution in [-0.2, 0) is 13.1 Å². The van der Waals surface area contributed by atoms with E-state index in [4.69, 9.17) is 4.74 Å². The molecule has 2 aromatic rings. The third-order valence-electron chi connectivity index (χ3n) is 2.76. The van der Waals surface area contributed by atoms with Gasteiger partial charge in [0.2, 0.25) is 5.88 Å². The molecule has 0 aliphatic rings. The van der Waals surface area contributed by atoms with Gasteiger partial charge in [0.05, 0.1) is 7.11 Å². The predicted octanol–water partition coefficient (Wildman–Crippen LogP) is 1.04. The highest BCUT2D eigenvalue weighted by Gasteiger charge is 1.96. The maximum absolute atomic E-state index is 11.5. The lowest BCUT2D eigenvalue weighted by Crippen LogP contribution is -2.25. The number of hydrogen-bond donors (Lipinski definition) is 1. The second-order valence-electron chi connectivity index (χ2n) is 4.12. The lowest BCUT2D eigenvalue weighted by atomic mass is 10.3. The number of ether oxygens (including phenoxy) is 1. The number of pyridine rings is 2. The summed E-state index contributed by atoms with van der Waals surface area (Å²) in [5, 5.41) is 3.27. The first-order chi connectivity index (χ1) is 9.29. The topological polar surface area (TPSA) is 56.1 Å². The molecule has 19 heavy (non-hydrogen) atoms. The first-order valence-corrected chi connectivity index (χ1v) is 6.15. The molecule has 0 spiro atoms. The standard InChI is InChI=1S/C14H17N3O2/c1-19-13-6-5-12(11-16-13)10-15-7-9-17-8-3-2-4-14(17)18/h2-6,8,11,15H,7,9-10H2,1H3. The summed E-state index contributed by atoms with van der Waals surface area (Å²) >= 11 is 0. The van der Waals surface area contributed by atoms with Crippen LogP contribution < -0.4 is 15.6 Å². The van der Waals surface area contributed by atoms with Crippen LogP contribution in [0, 0.1) is 0 Å². The molecule has 0 radical (unpaired) electrons. The third kappa shape index (κ3) is 3.93. The van der Waals surface area contributed by atoms with Crippen molar-refractivity contribution in [3.8, 4) is 5.88 Å². The van der Waals surface area contributed by atoms with Crippen LogP contribution in [0.1, 0.15) is 5.56 Å². The first-order valence-electron chi connectivity index (χ1n) is 6.15. The molecule has 0 fully saturated rings. The summed E-state index contributed by atoms with van der Waals surface area (Å²) in [6.45, 7) is 2.11. The molecular weight excluding hydrogens is 242 g/mol. The van der Waals surface area contributed by atoms with Gasteiger partial charge in [0.15, 0.2) is 0 Å². The van der Waals surface area contributed by atoms with Gasteiger partial charge in [-0.2, -0.15) is 0 Å². The molecule has 0 saturated carbocycles. The van der Waals surface area contributed by atoms with E-state index in [1.54, 1.807) is 36.2 Å². The Morgan fingerprint density at radius 3 is 2.89 bits per heavy atom. The summed E-state index contributed by atoms with van der Waals surface area (Å²) in [5.41, 5.74) is 1.11. The molecule has 0 saturated heterocycles. The fourth-order valence-electron chi connectivity index (χ4n) is 1.71. The molecule has 0 amide bonds. The molecule has 0 atom stereocenters. The van der Waals surface area contributed by atoms with Gasteiger partial charge in [0.25, 0.3) is 5.56 Å². The van der Waals surface area contributed by atoms with Crippen molar-refractivity contribution in [1.29, 1.82) is 0 Å². The van der Waals surface area contributed by atoms with E-state index in [1.807, 2.05) is 18.2 Å². The van der Waals surface area contributed by atoms with Crippen molar-refractivity contribution < 1.29 is 4.74 Å². The summed E-state index contributed by atoms with van der Waals surface area (Å²) < 4.78 is 6.68. The van der Waals surface area contributed by atoms with Crippen LogP contribution in [0.3, 0.4) is 0 Å². The summed E-state index contributed by atoms with van der Waals surface area (Å²) in [4.78, 5) is 15.6. The summed E-state index contributed by atoms with van der Waals surface area (Å²) in [6, 6.07) is 8.96. The Hall–Kier alpha value is -2.14. The van der Waals surface area contributed by atoms with Crippen LogP contribution in [0.2, 0.25) is 0 Å². The Kier molecular flexibility index (Phi) is 4.69. The minimum atomic E-state index is 0.0235. The minimum Gasteiger partial charge on any atom is -0.481 e. The van der Waals surface area contributed by atoms with E-state index in [-0.39, 0.29) is 5.56 Å². The molecule has 2 rings (SSSR count). The van der Waals surface area contributed by atoms with E-state index >= 15 is 0 Å². The van der Waals surface area contributed by atoms with Crippen molar-refractivity contribution in [2.24, 2.45) is 0 Å². The molecular formula is C14H17N3O2. The number of rotatable bonds is 6. The summed E-state index contributed by atoms with van der Waals surface area (Å²) in [7, 11) is 1.60. The van der Waals surface area contributed by atoms with E-state index in [0.717, 1.165) is 18.7 Å². The number of aromatic nitrogens is 2. The Labute approximate surface area is 111 Å². The summed E-state index contributed by atoms with van der Waals surface area (Å²) in [6.07, 6.45) is 3.57. The third-order valence-corrected chi connectivity index (χ3v) is 2.76. The van der Waals surface area contributed by atoms with Gasteiger partial charge in [-0.05, 0) is 11.6 Å². The van der Waals surface area contributed by atoms with Gasteiger partial charge in [-0.25, -0.2) is 4.98 Å². The first kappa shape index (κ1) is 13.3. The molecule has 0 bridgehead atoms. The van der Waals surface area contributed by atoms with Crippen molar-refractivity contribution >= 4 is 0 Å². The van der Waals surface area contributed by atoms with E-state index in [1.165, 1.54) is 0 Å². The molecule has 0 aromatic carbocycles. The van der Waals surface area contributed by atoms with Gasteiger partial charge in [-0.3, -0.25) is 4.79 Å². The molecule has 5 nitrogen and oxygen atoms in total. The molecule has 100 valence electrons. The van der Waals surface area contributed by atoms with Gasteiger partial charge >= 0.3 is 0 Å². The zero-order chi connectivity index (χ0) is 13.5. The van der Waals surface area contributed by atoms with Crippen LogP contribution in [-0.4, -0.2) is 23.2 Å². The smallest absolute Gasteiger partial charge is 0.250 e. The van der Waals surface area contributed by atoms with Crippen LogP contribution in [0.5, 0.6) is 5.88 Å². The molecule has 5 heteroatoms. The van der Waals surface area contributed by atoms with Crippen molar-refractivity contribution in [3.05, 3.63) is 58.6 Å². The maximum atomic E-state index is 11.5. The number of methoxy groups -OCH3 is 1. The average Bonchev–Trinajstić information content (AvgIpc) is 2.46. The van der Waals surface area contributed by atoms with Crippen molar-refractivity contribution in [2.75, 3.05) is 13.7 Å². The average molecular weight is 259 g/mol. The van der Waals surface area contributed by atoms with E-state index in [9.17, 15) is 4.79 Å². The van der Waals surface area contributed by atoms with Crippen molar-refractivity contribution in [1.82, 2.24) is 14.9 Å². The normalized spacial score (nSPS) is 10.4. The lowest BCUT2D eigenvalue weighted by Gasteiger charge is -2.07. The molecule has 0 aliphatic heterocycles. The number of nitrogens with one attached hydrogen (secondary N) is 1. The highest BCUT2D eigenvalue weighted by molar-refractivity contribution is 5.17. The van der Waals surface area contributed by atoms with Crippen molar-refractivity contribution in [2.45, 2.75) is 13.1 Å². The van der Waals surface area contributed by atoms with E-state index < -0.39 is 0 Å².